The van der Waals surface area contributed by atoms with Crippen LogP contribution in [-0.4, -0.2) is 50.0 Å². The van der Waals surface area contributed by atoms with E-state index in [1.807, 2.05) is 0 Å². The summed E-state index contributed by atoms with van der Waals surface area (Å²) in [5.74, 6) is -0.490. The van der Waals surface area contributed by atoms with Gasteiger partial charge in [-0.1, -0.05) is 66.2 Å². The number of carbonyl (C=O) groups is 2. The quantitative estimate of drug-likeness (QED) is 0.318. The van der Waals surface area contributed by atoms with Gasteiger partial charge in [0.05, 0.1) is 11.9 Å². The first-order chi connectivity index (χ1) is 18.4. The number of rotatable bonds is 11. The number of carbonyl (C=O) groups excluding carboxylic acids is 2. The zero-order valence-electron chi connectivity index (χ0n) is 22.6. The zero-order chi connectivity index (χ0) is 28.7. The summed E-state index contributed by atoms with van der Waals surface area (Å²) in [6.07, 6.45) is 6.59. The maximum Gasteiger partial charge on any atom is 0.242 e. The lowest BCUT2D eigenvalue weighted by molar-refractivity contribution is -0.141. The summed E-state index contributed by atoms with van der Waals surface area (Å²) in [5.41, 5.74) is 1.78. The molecule has 0 saturated heterocycles. The number of nitrogens with zero attached hydrogens (tertiary/aromatic N) is 2. The van der Waals surface area contributed by atoms with Crippen molar-refractivity contribution in [2.45, 2.75) is 77.4 Å². The highest BCUT2D eigenvalue weighted by molar-refractivity contribution is 7.92. The maximum absolute atomic E-state index is 13.5. The van der Waals surface area contributed by atoms with E-state index in [1.165, 1.54) is 15.6 Å². The molecule has 1 saturated carbocycles. The fourth-order valence-corrected chi connectivity index (χ4v) is 6.49. The minimum Gasteiger partial charge on any atom is -0.352 e. The van der Waals surface area contributed by atoms with Gasteiger partial charge in [0, 0.05) is 40.6 Å². The first kappa shape index (κ1) is 31.5. The number of hydrogen-bond donors (Lipinski definition) is 1. The van der Waals surface area contributed by atoms with E-state index in [2.05, 4.69) is 5.32 Å². The Hall–Kier alpha value is -2.00. The molecule has 7 nitrogen and oxygen atoms in total. The van der Waals surface area contributed by atoms with E-state index < -0.39 is 16.1 Å². The van der Waals surface area contributed by atoms with Crippen LogP contribution >= 0.6 is 34.8 Å². The molecule has 3 rings (SSSR count). The lowest BCUT2D eigenvalue weighted by Gasteiger charge is -2.32. The van der Waals surface area contributed by atoms with Gasteiger partial charge in [-0.25, -0.2) is 8.42 Å². The van der Waals surface area contributed by atoms with Crippen molar-refractivity contribution in [1.82, 2.24) is 10.2 Å². The van der Waals surface area contributed by atoms with Gasteiger partial charge in [0.25, 0.3) is 0 Å². The van der Waals surface area contributed by atoms with E-state index in [-0.39, 0.29) is 43.8 Å². The molecule has 2 amide bonds. The summed E-state index contributed by atoms with van der Waals surface area (Å²) in [6, 6.07) is 9.48. The molecule has 2 aromatic carbocycles. The number of nitrogens with one attached hydrogen (secondary N) is 1. The molecule has 0 radical (unpaired) electrons. The van der Waals surface area contributed by atoms with Crippen LogP contribution in [-0.2, 0) is 26.2 Å². The van der Waals surface area contributed by atoms with E-state index in [1.54, 1.807) is 50.2 Å². The van der Waals surface area contributed by atoms with Gasteiger partial charge in [0.1, 0.15) is 6.04 Å². The molecule has 1 aliphatic rings. The number of halogens is 3. The van der Waals surface area contributed by atoms with Crippen LogP contribution in [0.15, 0.2) is 36.4 Å². The minimum atomic E-state index is -3.62. The largest absolute Gasteiger partial charge is 0.352 e. The van der Waals surface area contributed by atoms with Crippen LogP contribution in [0, 0.1) is 6.92 Å². The van der Waals surface area contributed by atoms with Crippen LogP contribution in [0.1, 0.15) is 63.0 Å². The molecule has 0 heterocycles. The average Bonchev–Trinajstić information content (AvgIpc) is 2.87. The molecule has 0 bridgehead atoms. The van der Waals surface area contributed by atoms with Gasteiger partial charge in [-0.3, -0.25) is 13.9 Å². The molecule has 2 aromatic rings. The van der Waals surface area contributed by atoms with Crippen molar-refractivity contribution in [3.05, 3.63) is 62.6 Å². The van der Waals surface area contributed by atoms with Crippen LogP contribution in [0.4, 0.5) is 5.69 Å². The van der Waals surface area contributed by atoms with Crippen molar-refractivity contribution in [3.8, 4) is 0 Å². The third-order valence-corrected chi connectivity index (χ3v) is 9.31. The third kappa shape index (κ3) is 8.74. The van der Waals surface area contributed by atoms with Crippen LogP contribution < -0.4 is 9.62 Å². The van der Waals surface area contributed by atoms with Gasteiger partial charge in [-0.2, -0.15) is 0 Å². The summed E-state index contributed by atoms with van der Waals surface area (Å²) in [4.78, 5) is 28.2. The predicted molar refractivity (Wildman–Crippen MR) is 159 cm³/mol. The molecule has 0 spiro atoms. The Balaban J connectivity index is 1.77. The smallest absolute Gasteiger partial charge is 0.242 e. The van der Waals surface area contributed by atoms with Gasteiger partial charge in [0.2, 0.25) is 21.8 Å². The number of benzene rings is 2. The fraction of sp³-hybridized carbons (Fsp3) is 0.500. The lowest BCUT2D eigenvalue weighted by Crippen LogP contribution is -2.50. The number of sulfonamides is 1. The summed E-state index contributed by atoms with van der Waals surface area (Å²) in [5, 5.41) is 4.44. The van der Waals surface area contributed by atoms with E-state index in [9.17, 15) is 18.0 Å². The molecule has 1 fully saturated rings. The first-order valence-corrected chi connectivity index (χ1v) is 16.1. The molecule has 1 aliphatic carbocycles. The highest BCUT2D eigenvalue weighted by Crippen LogP contribution is 2.29. The van der Waals surface area contributed by atoms with Gasteiger partial charge in [-0.15, -0.1) is 0 Å². The molecule has 39 heavy (non-hydrogen) atoms. The van der Waals surface area contributed by atoms with Crippen molar-refractivity contribution < 1.29 is 18.0 Å². The second-order valence-electron chi connectivity index (χ2n) is 10.1. The Bertz CT molecular complexity index is 1280. The van der Waals surface area contributed by atoms with Crippen LogP contribution in [0.3, 0.4) is 0 Å². The molecular weight excluding hydrogens is 581 g/mol. The second-order valence-corrected chi connectivity index (χ2v) is 13.3. The molecule has 1 atom stereocenters. The topological polar surface area (TPSA) is 86.8 Å². The number of hydrogen-bond acceptors (Lipinski definition) is 4. The minimum absolute atomic E-state index is 0.0396. The van der Waals surface area contributed by atoms with Gasteiger partial charge < -0.3 is 10.2 Å². The molecule has 1 N–H and O–H groups in total. The van der Waals surface area contributed by atoms with Gasteiger partial charge in [0.15, 0.2) is 0 Å². The van der Waals surface area contributed by atoms with Crippen LogP contribution in [0.25, 0.3) is 0 Å². The standard InChI is InChI=1S/C28H36Cl3N3O4S/c1-19-24(30)11-7-12-26(19)34(39(3,37)38)16-8-13-27(35)33(18-21-14-15-22(29)17-25(21)31)20(2)28(36)32-23-9-5-4-6-10-23/h7,11-12,14-15,17,20,23H,4-6,8-10,13,16,18H2,1-3H3,(H,32,36)/t20-/m1/s1. The monoisotopic (exact) mass is 615 g/mol. The van der Waals surface area contributed by atoms with Crippen molar-refractivity contribution in [3.63, 3.8) is 0 Å². The summed E-state index contributed by atoms with van der Waals surface area (Å²) < 4.78 is 26.5. The lowest BCUT2D eigenvalue weighted by atomic mass is 9.95. The molecule has 214 valence electrons. The first-order valence-electron chi connectivity index (χ1n) is 13.1. The number of anilines is 1. The van der Waals surface area contributed by atoms with Crippen molar-refractivity contribution in [1.29, 1.82) is 0 Å². The van der Waals surface area contributed by atoms with Crippen molar-refractivity contribution >= 4 is 62.3 Å². The fourth-order valence-electron chi connectivity index (χ4n) is 4.83. The molecule has 11 heteroatoms. The normalized spacial score (nSPS) is 15.0. The van der Waals surface area contributed by atoms with Crippen LogP contribution in [0.2, 0.25) is 15.1 Å². The van der Waals surface area contributed by atoms with E-state index in [4.69, 9.17) is 34.8 Å². The van der Waals surface area contributed by atoms with E-state index >= 15 is 0 Å². The number of amides is 2. The molecule has 0 unspecified atom stereocenters. The third-order valence-electron chi connectivity index (χ3n) is 7.13. The van der Waals surface area contributed by atoms with Crippen molar-refractivity contribution in [2.24, 2.45) is 0 Å². The van der Waals surface area contributed by atoms with Gasteiger partial charge in [-0.05, 0) is 68.5 Å². The summed E-state index contributed by atoms with van der Waals surface area (Å²) in [6.45, 7) is 3.67. The highest BCUT2D eigenvalue weighted by atomic mass is 35.5. The summed E-state index contributed by atoms with van der Waals surface area (Å²) >= 11 is 18.7. The maximum atomic E-state index is 13.5. The predicted octanol–water partition coefficient (Wildman–Crippen LogP) is 6.37. The molecule has 0 aromatic heterocycles. The zero-order valence-corrected chi connectivity index (χ0v) is 25.6. The Morgan fingerprint density at radius 3 is 2.38 bits per heavy atom. The Morgan fingerprint density at radius 2 is 1.74 bits per heavy atom. The Kier molecular flexibility index (Phi) is 11.4. The SMILES string of the molecule is Cc1c(Cl)cccc1N(CCCC(=O)N(Cc1ccc(Cl)cc1Cl)[C@H](C)C(=O)NC1CCCCC1)S(C)(=O)=O. The van der Waals surface area contributed by atoms with Gasteiger partial charge >= 0.3 is 0 Å². The second kappa shape index (κ2) is 14.1. The Morgan fingerprint density at radius 1 is 1.05 bits per heavy atom. The molecule has 0 aliphatic heterocycles. The average molecular weight is 617 g/mol. The van der Waals surface area contributed by atoms with Crippen LogP contribution in [0.5, 0.6) is 0 Å². The Labute approximate surface area is 246 Å². The highest BCUT2D eigenvalue weighted by Gasteiger charge is 2.29. The van der Waals surface area contributed by atoms with Crippen molar-refractivity contribution in [2.75, 3.05) is 17.1 Å². The van der Waals surface area contributed by atoms with E-state index in [0.717, 1.165) is 31.9 Å². The summed E-state index contributed by atoms with van der Waals surface area (Å²) in [7, 11) is -3.62. The van der Waals surface area contributed by atoms with E-state index in [0.29, 0.717) is 31.9 Å². The molecular formula is C28H36Cl3N3O4S.